The van der Waals surface area contributed by atoms with Crippen molar-refractivity contribution in [2.75, 3.05) is 27.2 Å². The minimum absolute atomic E-state index is 0.0169. The molecule has 1 saturated heterocycles. The van der Waals surface area contributed by atoms with E-state index in [2.05, 4.69) is 11.5 Å². The summed E-state index contributed by atoms with van der Waals surface area (Å²) >= 11 is 0. The van der Waals surface area contributed by atoms with Gasteiger partial charge >= 0.3 is 0 Å². The molecule has 0 N–H and O–H groups in total. The topological polar surface area (TPSA) is 40.6 Å². The molecule has 4 heteroatoms. The Morgan fingerprint density at radius 2 is 2.12 bits per heavy atom. The van der Waals surface area contributed by atoms with E-state index in [1.54, 1.807) is 0 Å². The van der Waals surface area contributed by atoms with Crippen LogP contribution in [0, 0.1) is 5.92 Å². The van der Waals surface area contributed by atoms with Gasteiger partial charge in [0.1, 0.15) is 0 Å². The monoisotopic (exact) mass is 238 g/mol. The number of allylic oxidation sites excluding steroid dienone is 1. The van der Waals surface area contributed by atoms with Crippen molar-refractivity contribution in [2.24, 2.45) is 5.92 Å². The van der Waals surface area contributed by atoms with Crippen LogP contribution in [-0.4, -0.2) is 48.8 Å². The number of nitrogens with zero attached hydrogens (tertiary/aromatic N) is 2. The lowest BCUT2D eigenvalue weighted by molar-refractivity contribution is -0.139. The van der Waals surface area contributed by atoms with Gasteiger partial charge in [-0.2, -0.15) is 0 Å². The van der Waals surface area contributed by atoms with Gasteiger partial charge in [0.25, 0.3) is 0 Å². The van der Waals surface area contributed by atoms with Gasteiger partial charge in [-0.3, -0.25) is 14.5 Å². The summed E-state index contributed by atoms with van der Waals surface area (Å²) in [7, 11) is 3.97. The summed E-state index contributed by atoms with van der Waals surface area (Å²) in [5, 5.41) is 0. The van der Waals surface area contributed by atoms with Crippen molar-refractivity contribution in [3.05, 3.63) is 12.2 Å². The quantitative estimate of drug-likeness (QED) is 0.517. The van der Waals surface area contributed by atoms with Gasteiger partial charge in [-0.15, -0.1) is 6.58 Å². The normalized spacial score (nSPS) is 20.5. The molecule has 1 rings (SSSR count). The molecule has 1 unspecified atom stereocenters. The predicted molar refractivity (Wildman–Crippen MR) is 67.4 cm³/mol. The summed E-state index contributed by atoms with van der Waals surface area (Å²) in [5.41, 5.74) is 0.964. The van der Waals surface area contributed by atoms with Crippen molar-refractivity contribution in [3.63, 3.8) is 0 Å². The summed E-state index contributed by atoms with van der Waals surface area (Å²) in [6.07, 6.45) is 1.83. The van der Waals surface area contributed by atoms with E-state index in [4.69, 9.17) is 0 Å². The number of amides is 2. The molecule has 1 aliphatic heterocycles. The van der Waals surface area contributed by atoms with Crippen LogP contribution in [0.25, 0.3) is 0 Å². The lowest BCUT2D eigenvalue weighted by atomic mass is 10.00. The number of imide groups is 1. The highest BCUT2D eigenvalue weighted by Crippen LogP contribution is 2.25. The largest absolute Gasteiger partial charge is 0.309 e. The molecular weight excluding hydrogens is 216 g/mol. The molecule has 0 aromatic heterocycles. The van der Waals surface area contributed by atoms with Crippen LogP contribution >= 0.6 is 0 Å². The first kappa shape index (κ1) is 13.9. The minimum atomic E-state index is -0.167. The van der Waals surface area contributed by atoms with Crippen LogP contribution in [0.4, 0.5) is 0 Å². The van der Waals surface area contributed by atoms with E-state index in [1.165, 1.54) is 4.90 Å². The number of likely N-dealkylation sites (tertiary alicyclic amines) is 1. The van der Waals surface area contributed by atoms with E-state index in [0.29, 0.717) is 19.4 Å². The van der Waals surface area contributed by atoms with Crippen molar-refractivity contribution in [3.8, 4) is 0 Å². The minimum Gasteiger partial charge on any atom is -0.309 e. The number of hydrogen-bond acceptors (Lipinski definition) is 3. The SMILES string of the molecule is C=C(C)CC1CC(=O)N(CCCN(C)C)C1=O. The fraction of sp³-hybridized carbons (Fsp3) is 0.692. The smallest absolute Gasteiger partial charge is 0.233 e. The molecule has 0 bridgehead atoms. The molecule has 1 aliphatic rings. The van der Waals surface area contributed by atoms with Crippen molar-refractivity contribution in [1.29, 1.82) is 0 Å². The summed E-state index contributed by atoms with van der Waals surface area (Å²) in [5.74, 6) is -0.212. The zero-order valence-corrected chi connectivity index (χ0v) is 11.0. The summed E-state index contributed by atoms with van der Waals surface area (Å²) < 4.78 is 0. The molecule has 0 radical (unpaired) electrons. The van der Waals surface area contributed by atoms with Crippen LogP contribution < -0.4 is 0 Å². The maximum absolute atomic E-state index is 12.0. The van der Waals surface area contributed by atoms with E-state index >= 15 is 0 Å². The standard InChI is InChI=1S/C13H22N2O2/c1-10(2)8-11-9-12(16)15(13(11)17)7-5-6-14(3)4/h11H,1,5-9H2,2-4H3. The Morgan fingerprint density at radius 1 is 1.47 bits per heavy atom. The van der Waals surface area contributed by atoms with Crippen LogP contribution in [0.1, 0.15) is 26.2 Å². The fourth-order valence-electron chi connectivity index (χ4n) is 2.11. The molecule has 2 amide bonds. The number of carbonyl (C=O) groups is 2. The van der Waals surface area contributed by atoms with Gasteiger partial charge in [0.15, 0.2) is 0 Å². The van der Waals surface area contributed by atoms with Gasteiger partial charge in [-0.1, -0.05) is 5.57 Å². The van der Waals surface area contributed by atoms with E-state index in [9.17, 15) is 9.59 Å². The Balaban J connectivity index is 2.48. The van der Waals surface area contributed by atoms with Gasteiger partial charge in [0.05, 0.1) is 5.92 Å². The maximum atomic E-state index is 12.0. The first-order valence-corrected chi connectivity index (χ1v) is 6.05. The molecule has 0 aromatic carbocycles. The van der Waals surface area contributed by atoms with Crippen LogP contribution in [-0.2, 0) is 9.59 Å². The Hall–Kier alpha value is -1.16. The van der Waals surface area contributed by atoms with Crippen LogP contribution in [0.3, 0.4) is 0 Å². The van der Waals surface area contributed by atoms with Gasteiger partial charge < -0.3 is 4.90 Å². The van der Waals surface area contributed by atoms with Crippen LogP contribution in [0.2, 0.25) is 0 Å². The number of carbonyl (C=O) groups excluding carboxylic acids is 2. The van der Waals surface area contributed by atoms with Crippen molar-refractivity contribution in [1.82, 2.24) is 9.80 Å². The molecule has 1 heterocycles. The molecule has 1 atom stereocenters. The van der Waals surface area contributed by atoms with Gasteiger partial charge in [0.2, 0.25) is 11.8 Å². The fourth-order valence-corrected chi connectivity index (χ4v) is 2.11. The van der Waals surface area contributed by atoms with Gasteiger partial charge in [-0.25, -0.2) is 0 Å². The van der Waals surface area contributed by atoms with Crippen molar-refractivity contribution >= 4 is 11.8 Å². The Bertz CT molecular complexity index is 323. The lowest BCUT2D eigenvalue weighted by Gasteiger charge is -2.16. The van der Waals surface area contributed by atoms with E-state index in [0.717, 1.165) is 18.5 Å². The van der Waals surface area contributed by atoms with Gasteiger partial charge in [-0.05, 0) is 40.4 Å². The highest BCUT2D eigenvalue weighted by Gasteiger charge is 2.37. The average Bonchev–Trinajstić information content (AvgIpc) is 2.44. The molecule has 0 aliphatic carbocycles. The third-order valence-electron chi connectivity index (χ3n) is 2.92. The Kier molecular flexibility index (Phi) is 4.87. The second-order valence-corrected chi connectivity index (χ2v) is 5.10. The van der Waals surface area contributed by atoms with Gasteiger partial charge in [0, 0.05) is 13.0 Å². The molecule has 17 heavy (non-hydrogen) atoms. The Labute approximate surface area is 103 Å². The first-order chi connectivity index (χ1) is 7.91. The third kappa shape index (κ3) is 3.97. The molecule has 4 nitrogen and oxygen atoms in total. The predicted octanol–water partition coefficient (Wildman–Crippen LogP) is 1.28. The number of rotatable bonds is 6. The maximum Gasteiger partial charge on any atom is 0.233 e. The summed E-state index contributed by atoms with van der Waals surface area (Å²) in [6.45, 7) is 7.13. The third-order valence-corrected chi connectivity index (χ3v) is 2.92. The Morgan fingerprint density at radius 3 is 2.65 bits per heavy atom. The molecule has 0 aromatic rings. The van der Waals surface area contributed by atoms with Crippen LogP contribution in [0.5, 0.6) is 0 Å². The second-order valence-electron chi connectivity index (χ2n) is 5.10. The molecule has 0 saturated carbocycles. The highest BCUT2D eigenvalue weighted by atomic mass is 16.2. The van der Waals surface area contributed by atoms with E-state index < -0.39 is 0 Å². The molecule has 0 spiro atoms. The zero-order valence-electron chi connectivity index (χ0n) is 11.0. The molecule has 96 valence electrons. The molecule has 1 fully saturated rings. The van der Waals surface area contributed by atoms with Crippen LogP contribution in [0.15, 0.2) is 12.2 Å². The second kappa shape index (κ2) is 5.96. The zero-order chi connectivity index (χ0) is 13.0. The highest BCUT2D eigenvalue weighted by molar-refractivity contribution is 6.03. The average molecular weight is 238 g/mol. The first-order valence-electron chi connectivity index (χ1n) is 6.05. The lowest BCUT2D eigenvalue weighted by Crippen LogP contribution is -2.33. The summed E-state index contributed by atoms with van der Waals surface area (Å²) in [6, 6.07) is 0. The summed E-state index contributed by atoms with van der Waals surface area (Å²) in [4.78, 5) is 27.2. The van der Waals surface area contributed by atoms with Crippen molar-refractivity contribution < 1.29 is 9.59 Å². The van der Waals surface area contributed by atoms with E-state index in [-0.39, 0.29) is 17.7 Å². The van der Waals surface area contributed by atoms with E-state index in [1.807, 2.05) is 21.0 Å². The van der Waals surface area contributed by atoms with Crippen molar-refractivity contribution in [2.45, 2.75) is 26.2 Å². The number of hydrogen-bond donors (Lipinski definition) is 0. The molecular formula is C13H22N2O2.